The fraction of sp³-hybridized carbons (Fsp3) is 0. The van der Waals surface area contributed by atoms with E-state index in [9.17, 15) is 9.59 Å². The minimum atomic E-state index is -1.34. The molecule has 0 aromatic carbocycles. The molecule has 1 aliphatic carbocycles. The van der Waals surface area contributed by atoms with Gasteiger partial charge in [0.25, 0.3) is 5.78 Å². The zero-order valence-corrected chi connectivity index (χ0v) is 6.11. The maximum absolute atomic E-state index is 10.9. The van der Waals surface area contributed by atoms with Gasteiger partial charge in [0, 0.05) is 0 Å². The summed E-state index contributed by atoms with van der Waals surface area (Å²) in [6, 6.07) is 1.24. The molecule has 13 heavy (non-hydrogen) atoms. The molecule has 0 amide bonds. The number of nitrogens with zero attached hydrogens (tertiary/aromatic N) is 1. The third kappa shape index (κ3) is 1.03. The van der Waals surface area contributed by atoms with E-state index in [0.29, 0.717) is 0 Å². The van der Waals surface area contributed by atoms with Crippen molar-refractivity contribution in [1.29, 1.82) is 5.26 Å². The summed E-state index contributed by atoms with van der Waals surface area (Å²) in [5, 5.41) is 34.7. The lowest BCUT2D eigenvalue weighted by Crippen LogP contribution is -2.23. The van der Waals surface area contributed by atoms with Crippen molar-refractivity contribution < 1.29 is 24.9 Å². The highest BCUT2D eigenvalue weighted by atomic mass is 16.3. The maximum atomic E-state index is 10.9. The van der Waals surface area contributed by atoms with Gasteiger partial charge in [-0.05, 0) is 0 Å². The van der Waals surface area contributed by atoms with E-state index in [0.717, 1.165) is 0 Å². The highest BCUT2D eigenvalue weighted by molar-refractivity contribution is 6.23. The van der Waals surface area contributed by atoms with Crippen molar-refractivity contribution in [3.8, 4) is 6.07 Å². The summed E-state index contributed by atoms with van der Waals surface area (Å²) in [6.45, 7) is 0. The average Bonchev–Trinajstić information content (AvgIpc) is 2.13. The number of ketones is 2. The van der Waals surface area contributed by atoms with Crippen LogP contribution in [0.3, 0.4) is 0 Å². The Hall–Kier alpha value is -2.29. The number of aliphatic hydroxyl groups excluding tert-OH is 3. The summed E-state index contributed by atoms with van der Waals surface area (Å²) in [5.74, 6) is -6.23. The lowest BCUT2D eigenvalue weighted by molar-refractivity contribution is -0.121. The summed E-state index contributed by atoms with van der Waals surface area (Å²) >= 11 is 0. The third-order valence-electron chi connectivity index (χ3n) is 1.45. The predicted molar refractivity (Wildman–Crippen MR) is 37.6 cm³/mol. The second kappa shape index (κ2) is 2.64. The second-order valence-electron chi connectivity index (χ2n) is 2.19. The molecular weight excluding hydrogens is 178 g/mol. The van der Waals surface area contributed by atoms with Crippen molar-refractivity contribution in [2.24, 2.45) is 0 Å². The van der Waals surface area contributed by atoms with Gasteiger partial charge in [0.15, 0.2) is 5.76 Å². The van der Waals surface area contributed by atoms with Gasteiger partial charge in [0.1, 0.15) is 11.6 Å². The molecule has 0 aromatic heterocycles. The molecule has 0 saturated carbocycles. The molecule has 0 aromatic rings. The number of allylic oxidation sites excluding steroid dienone is 1. The number of hydrogen-bond donors (Lipinski definition) is 3. The smallest absolute Gasteiger partial charge is 0.267 e. The van der Waals surface area contributed by atoms with Gasteiger partial charge >= 0.3 is 0 Å². The SMILES string of the molecule is N#CC1=C(O)C(=O)C(O)=C(O)C1=O. The molecule has 0 fully saturated rings. The molecule has 0 saturated heterocycles. The Bertz CT molecular complexity index is 409. The number of carbonyl (C=O) groups excluding carboxylic acids is 2. The molecule has 1 aliphatic rings. The van der Waals surface area contributed by atoms with Crippen LogP contribution in [0.1, 0.15) is 0 Å². The van der Waals surface area contributed by atoms with Crippen LogP contribution in [0.15, 0.2) is 22.9 Å². The Kier molecular flexibility index (Phi) is 1.79. The highest BCUT2D eigenvalue weighted by Gasteiger charge is 2.35. The lowest BCUT2D eigenvalue weighted by Gasteiger charge is -2.08. The van der Waals surface area contributed by atoms with E-state index in [4.69, 9.17) is 20.6 Å². The molecule has 1 rings (SSSR count). The molecule has 0 heterocycles. The number of rotatable bonds is 0. The maximum Gasteiger partial charge on any atom is 0.267 e. The van der Waals surface area contributed by atoms with Gasteiger partial charge in [0.05, 0.1) is 0 Å². The monoisotopic (exact) mass is 181 g/mol. The van der Waals surface area contributed by atoms with E-state index in [1.165, 1.54) is 6.07 Å². The largest absolute Gasteiger partial charge is 0.503 e. The van der Waals surface area contributed by atoms with Gasteiger partial charge in [-0.2, -0.15) is 5.26 Å². The summed E-state index contributed by atoms with van der Waals surface area (Å²) < 4.78 is 0. The third-order valence-corrected chi connectivity index (χ3v) is 1.45. The van der Waals surface area contributed by atoms with Crippen LogP contribution in [0, 0.1) is 11.3 Å². The summed E-state index contributed by atoms with van der Waals surface area (Å²) in [6.07, 6.45) is 0. The van der Waals surface area contributed by atoms with Crippen molar-refractivity contribution in [3.05, 3.63) is 22.9 Å². The Morgan fingerprint density at radius 2 is 1.38 bits per heavy atom. The minimum Gasteiger partial charge on any atom is -0.503 e. The molecule has 6 nitrogen and oxygen atoms in total. The average molecular weight is 181 g/mol. The number of Topliss-reactive ketones (excluding diaryl/α,β-unsaturated/α-hetero) is 2. The van der Waals surface area contributed by atoms with Crippen LogP contribution < -0.4 is 0 Å². The lowest BCUT2D eigenvalue weighted by atomic mass is 10.00. The number of hydrogen-bond acceptors (Lipinski definition) is 6. The summed E-state index contributed by atoms with van der Waals surface area (Å²) in [4.78, 5) is 21.6. The molecule has 0 bridgehead atoms. The molecule has 3 N–H and O–H groups in total. The molecule has 66 valence electrons. The van der Waals surface area contributed by atoms with Crippen LogP contribution in [0.2, 0.25) is 0 Å². The molecule has 0 atom stereocenters. The van der Waals surface area contributed by atoms with E-state index >= 15 is 0 Å². The van der Waals surface area contributed by atoms with E-state index in [2.05, 4.69) is 0 Å². The van der Waals surface area contributed by atoms with E-state index in [1.807, 2.05) is 0 Å². The second-order valence-corrected chi connectivity index (χ2v) is 2.19. The molecule has 0 unspecified atom stereocenters. The first kappa shape index (κ1) is 8.80. The van der Waals surface area contributed by atoms with Crippen LogP contribution in [0.4, 0.5) is 0 Å². The molecule has 0 radical (unpaired) electrons. The molecule has 0 spiro atoms. The standard InChI is InChI=1S/C7H3NO5/c8-1-2-3(9)5(11)7(13)6(12)4(2)10/h9,12-13H. The first-order chi connectivity index (χ1) is 6.00. The summed E-state index contributed by atoms with van der Waals surface area (Å²) in [7, 11) is 0. The van der Waals surface area contributed by atoms with Crippen molar-refractivity contribution in [2.45, 2.75) is 0 Å². The first-order valence-electron chi connectivity index (χ1n) is 3.05. The van der Waals surface area contributed by atoms with Crippen LogP contribution in [0.5, 0.6) is 0 Å². The Balaban J connectivity index is 3.40. The van der Waals surface area contributed by atoms with Gasteiger partial charge < -0.3 is 15.3 Å². The quantitative estimate of drug-likeness (QED) is 0.445. The minimum absolute atomic E-state index is 0.875. The van der Waals surface area contributed by atoms with E-state index in [-0.39, 0.29) is 0 Å². The van der Waals surface area contributed by atoms with Crippen LogP contribution in [-0.2, 0) is 9.59 Å². The normalized spacial score (nSPS) is 17.8. The van der Waals surface area contributed by atoms with Gasteiger partial charge in [-0.15, -0.1) is 0 Å². The van der Waals surface area contributed by atoms with Gasteiger partial charge in [-0.25, -0.2) is 0 Å². The van der Waals surface area contributed by atoms with Gasteiger partial charge in [-0.1, -0.05) is 0 Å². The number of nitriles is 1. The Morgan fingerprint density at radius 1 is 0.923 bits per heavy atom. The topological polar surface area (TPSA) is 119 Å². The Morgan fingerprint density at radius 3 is 1.85 bits per heavy atom. The van der Waals surface area contributed by atoms with Crippen molar-refractivity contribution in [2.75, 3.05) is 0 Å². The fourth-order valence-electron chi connectivity index (χ4n) is 0.770. The van der Waals surface area contributed by atoms with E-state index in [1.54, 1.807) is 0 Å². The zero-order valence-electron chi connectivity index (χ0n) is 6.11. The molecule has 6 heteroatoms. The Labute approximate surface area is 71.6 Å². The molecule has 0 aliphatic heterocycles. The fourth-order valence-corrected chi connectivity index (χ4v) is 0.770. The van der Waals surface area contributed by atoms with Crippen LogP contribution >= 0.6 is 0 Å². The predicted octanol–water partition coefficient (Wildman–Crippen LogP) is -0.199. The first-order valence-corrected chi connectivity index (χ1v) is 3.05. The number of aliphatic hydroxyl groups is 3. The van der Waals surface area contributed by atoms with Crippen LogP contribution in [0.25, 0.3) is 0 Å². The number of carbonyl (C=O) groups is 2. The summed E-state index contributed by atoms with van der Waals surface area (Å²) in [5.41, 5.74) is -0.875. The van der Waals surface area contributed by atoms with Gasteiger partial charge in [0.2, 0.25) is 17.3 Å². The van der Waals surface area contributed by atoms with Crippen molar-refractivity contribution in [1.82, 2.24) is 0 Å². The van der Waals surface area contributed by atoms with E-state index < -0.39 is 34.4 Å². The highest BCUT2D eigenvalue weighted by Crippen LogP contribution is 2.19. The van der Waals surface area contributed by atoms with Crippen molar-refractivity contribution in [3.63, 3.8) is 0 Å². The van der Waals surface area contributed by atoms with Gasteiger partial charge in [-0.3, -0.25) is 9.59 Å². The molecular formula is C7H3NO5. The van der Waals surface area contributed by atoms with Crippen LogP contribution in [-0.4, -0.2) is 26.9 Å². The van der Waals surface area contributed by atoms with Crippen molar-refractivity contribution >= 4 is 11.6 Å². The zero-order chi connectivity index (χ0) is 10.2.